The molecular formula is C16H30N4. The molecule has 0 bridgehead atoms. The van der Waals surface area contributed by atoms with Gasteiger partial charge in [0.1, 0.15) is 0 Å². The third-order valence-electron chi connectivity index (χ3n) is 4.38. The first-order valence-corrected chi connectivity index (χ1v) is 8.20. The van der Waals surface area contributed by atoms with E-state index in [-0.39, 0.29) is 0 Å². The maximum Gasteiger partial charge on any atom is 0.0764 e. The molecule has 1 aliphatic rings. The van der Waals surface area contributed by atoms with E-state index in [2.05, 4.69) is 47.9 Å². The summed E-state index contributed by atoms with van der Waals surface area (Å²) in [7, 11) is 0. The van der Waals surface area contributed by atoms with Gasteiger partial charge < -0.3 is 5.32 Å². The van der Waals surface area contributed by atoms with E-state index in [1.54, 1.807) is 0 Å². The van der Waals surface area contributed by atoms with Crippen LogP contribution in [-0.2, 0) is 6.54 Å². The Bertz CT molecular complexity index is 388. The number of rotatable bonds is 7. The third kappa shape index (κ3) is 4.32. The van der Waals surface area contributed by atoms with E-state index in [0.29, 0.717) is 6.04 Å². The topological polar surface area (TPSA) is 33.1 Å². The molecule has 4 nitrogen and oxygen atoms in total. The van der Waals surface area contributed by atoms with Crippen LogP contribution in [0.4, 0.5) is 0 Å². The molecule has 0 aromatic carbocycles. The first kappa shape index (κ1) is 15.5. The van der Waals surface area contributed by atoms with E-state index >= 15 is 0 Å². The van der Waals surface area contributed by atoms with Crippen molar-refractivity contribution >= 4 is 0 Å². The molecule has 1 saturated heterocycles. The van der Waals surface area contributed by atoms with Gasteiger partial charge >= 0.3 is 0 Å². The molecule has 20 heavy (non-hydrogen) atoms. The molecule has 2 rings (SSSR count). The van der Waals surface area contributed by atoms with Crippen molar-refractivity contribution in [2.75, 3.05) is 26.2 Å². The van der Waals surface area contributed by atoms with Crippen molar-refractivity contribution < 1.29 is 0 Å². The summed E-state index contributed by atoms with van der Waals surface area (Å²) in [4.78, 5) is 2.56. The van der Waals surface area contributed by atoms with Crippen molar-refractivity contribution in [3.8, 4) is 0 Å². The predicted molar refractivity (Wildman–Crippen MR) is 83.8 cm³/mol. The van der Waals surface area contributed by atoms with Gasteiger partial charge in [-0.15, -0.1) is 0 Å². The largest absolute Gasteiger partial charge is 0.317 e. The SMILES string of the molecule is CCNCC1CCCN(Cc2ccn(C(C)CC)n2)C1. The highest BCUT2D eigenvalue weighted by atomic mass is 15.3. The van der Waals surface area contributed by atoms with Gasteiger partial charge in [-0.25, -0.2) is 0 Å². The fourth-order valence-corrected chi connectivity index (χ4v) is 2.93. The molecule has 1 aromatic heterocycles. The number of hydrogen-bond donors (Lipinski definition) is 1. The van der Waals surface area contributed by atoms with E-state index in [1.165, 1.54) is 31.6 Å². The lowest BCUT2D eigenvalue weighted by Crippen LogP contribution is -2.39. The second-order valence-electron chi connectivity index (χ2n) is 6.10. The molecule has 2 heterocycles. The average Bonchev–Trinajstić information content (AvgIpc) is 2.93. The summed E-state index contributed by atoms with van der Waals surface area (Å²) < 4.78 is 2.11. The molecule has 0 spiro atoms. The summed E-state index contributed by atoms with van der Waals surface area (Å²) in [5, 5.41) is 8.20. The maximum atomic E-state index is 4.72. The summed E-state index contributed by atoms with van der Waals surface area (Å²) in [5.74, 6) is 0.806. The molecule has 1 N–H and O–H groups in total. The molecule has 0 amide bonds. The fourth-order valence-electron chi connectivity index (χ4n) is 2.93. The summed E-state index contributed by atoms with van der Waals surface area (Å²) >= 11 is 0. The second-order valence-corrected chi connectivity index (χ2v) is 6.10. The van der Waals surface area contributed by atoms with E-state index in [0.717, 1.165) is 32.0 Å². The zero-order valence-electron chi connectivity index (χ0n) is 13.3. The Morgan fingerprint density at radius 1 is 1.45 bits per heavy atom. The van der Waals surface area contributed by atoms with Crippen molar-refractivity contribution in [2.45, 2.75) is 52.6 Å². The third-order valence-corrected chi connectivity index (χ3v) is 4.38. The Morgan fingerprint density at radius 3 is 3.05 bits per heavy atom. The summed E-state index contributed by atoms with van der Waals surface area (Å²) in [6.07, 6.45) is 5.95. The lowest BCUT2D eigenvalue weighted by molar-refractivity contribution is 0.163. The van der Waals surface area contributed by atoms with Crippen LogP contribution in [0, 0.1) is 5.92 Å². The first-order chi connectivity index (χ1) is 9.72. The Morgan fingerprint density at radius 2 is 2.30 bits per heavy atom. The number of hydrogen-bond acceptors (Lipinski definition) is 3. The summed E-state index contributed by atoms with van der Waals surface area (Å²) in [6, 6.07) is 2.69. The van der Waals surface area contributed by atoms with Crippen LogP contribution in [0.25, 0.3) is 0 Å². The van der Waals surface area contributed by atoms with Gasteiger partial charge in [0.15, 0.2) is 0 Å². The Hall–Kier alpha value is -0.870. The van der Waals surface area contributed by atoms with Gasteiger partial charge in [0.05, 0.1) is 5.69 Å². The van der Waals surface area contributed by atoms with E-state index in [9.17, 15) is 0 Å². The number of likely N-dealkylation sites (tertiary alicyclic amines) is 1. The van der Waals surface area contributed by atoms with Gasteiger partial charge in [-0.3, -0.25) is 9.58 Å². The van der Waals surface area contributed by atoms with Crippen LogP contribution in [-0.4, -0.2) is 40.9 Å². The minimum atomic E-state index is 0.506. The van der Waals surface area contributed by atoms with Crippen molar-refractivity contribution in [1.82, 2.24) is 20.0 Å². The normalized spacial score (nSPS) is 22.1. The monoisotopic (exact) mass is 278 g/mol. The molecule has 1 aliphatic heterocycles. The van der Waals surface area contributed by atoms with Gasteiger partial charge in [-0.2, -0.15) is 5.10 Å². The fraction of sp³-hybridized carbons (Fsp3) is 0.812. The van der Waals surface area contributed by atoms with Crippen LogP contribution in [0.5, 0.6) is 0 Å². The Balaban J connectivity index is 1.84. The Labute approximate surface area is 123 Å². The Kier molecular flexibility index (Phi) is 6.05. The number of piperidine rings is 1. The molecule has 1 aromatic rings. The zero-order chi connectivity index (χ0) is 14.4. The summed E-state index contributed by atoms with van der Waals surface area (Å²) in [6.45, 7) is 12.3. The van der Waals surface area contributed by atoms with E-state index in [4.69, 9.17) is 5.10 Å². The quantitative estimate of drug-likeness (QED) is 0.832. The highest BCUT2D eigenvalue weighted by Gasteiger charge is 2.20. The van der Waals surface area contributed by atoms with Crippen LogP contribution in [0.15, 0.2) is 12.3 Å². The highest BCUT2D eigenvalue weighted by Crippen LogP contribution is 2.18. The minimum Gasteiger partial charge on any atom is -0.317 e. The molecule has 0 aliphatic carbocycles. The van der Waals surface area contributed by atoms with Crippen LogP contribution in [0.3, 0.4) is 0 Å². The molecule has 1 fully saturated rings. The second kappa shape index (κ2) is 7.79. The van der Waals surface area contributed by atoms with Gasteiger partial charge in [0, 0.05) is 25.3 Å². The van der Waals surface area contributed by atoms with Crippen molar-refractivity contribution in [3.05, 3.63) is 18.0 Å². The number of nitrogens with one attached hydrogen (secondary N) is 1. The zero-order valence-corrected chi connectivity index (χ0v) is 13.3. The van der Waals surface area contributed by atoms with E-state index < -0.39 is 0 Å². The summed E-state index contributed by atoms with van der Waals surface area (Å²) in [5.41, 5.74) is 1.22. The van der Waals surface area contributed by atoms with Crippen LogP contribution in [0.1, 0.15) is 51.8 Å². The van der Waals surface area contributed by atoms with Crippen molar-refractivity contribution in [3.63, 3.8) is 0 Å². The van der Waals surface area contributed by atoms with Gasteiger partial charge in [0.25, 0.3) is 0 Å². The van der Waals surface area contributed by atoms with E-state index in [1.807, 2.05) is 0 Å². The van der Waals surface area contributed by atoms with Crippen molar-refractivity contribution in [1.29, 1.82) is 0 Å². The first-order valence-electron chi connectivity index (χ1n) is 8.20. The molecule has 0 saturated carbocycles. The number of nitrogens with zero attached hydrogens (tertiary/aromatic N) is 3. The molecule has 114 valence electrons. The van der Waals surface area contributed by atoms with Gasteiger partial charge in [0.2, 0.25) is 0 Å². The minimum absolute atomic E-state index is 0.506. The maximum absolute atomic E-state index is 4.72. The molecule has 0 radical (unpaired) electrons. The average molecular weight is 278 g/mol. The van der Waals surface area contributed by atoms with Crippen molar-refractivity contribution in [2.24, 2.45) is 5.92 Å². The molecular weight excluding hydrogens is 248 g/mol. The predicted octanol–water partition coefficient (Wildman–Crippen LogP) is 2.68. The number of aromatic nitrogens is 2. The smallest absolute Gasteiger partial charge is 0.0764 e. The lowest BCUT2D eigenvalue weighted by atomic mass is 9.98. The molecule has 2 atom stereocenters. The molecule has 4 heteroatoms. The van der Waals surface area contributed by atoms with Crippen LogP contribution in [0.2, 0.25) is 0 Å². The standard InChI is InChI=1S/C16H30N4/c1-4-14(3)20-10-8-16(18-20)13-19-9-6-7-15(12-19)11-17-5-2/h8,10,14-15,17H,4-7,9,11-13H2,1-3H3. The van der Waals surface area contributed by atoms with Gasteiger partial charge in [-0.1, -0.05) is 13.8 Å². The van der Waals surface area contributed by atoms with Crippen LogP contribution >= 0.6 is 0 Å². The van der Waals surface area contributed by atoms with Crippen LogP contribution < -0.4 is 5.32 Å². The van der Waals surface area contributed by atoms with Gasteiger partial charge in [-0.05, 0) is 57.8 Å². The molecule has 2 unspecified atom stereocenters. The lowest BCUT2D eigenvalue weighted by Gasteiger charge is -2.32. The highest BCUT2D eigenvalue weighted by molar-refractivity contribution is 5.00.